The molecule has 1 atom stereocenters. The topological polar surface area (TPSA) is 57.2 Å². The zero-order valence-electron chi connectivity index (χ0n) is 18.3. The summed E-state index contributed by atoms with van der Waals surface area (Å²) >= 11 is 0. The third-order valence-electron chi connectivity index (χ3n) is 5.44. The van der Waals surface area contributed by atoms with E-state index in [1.54, 1.807) is 0 Å². The highest BCUT2D eigenvalue weighted by Crippen LogP contribution is 2.31. The number of nitrogens with zero attached hydrogens (tertiary/aromatic N) is 1. The molecule has 3 rings (SSSR count). The molecule has 0 aliphatic carbocycles. The van der Waals surface area contributed by atoms with Crippen molar-refractivity contribution >= 4 is 5.97 Å². The molecule has 1 unspecified atom stereocenters. The maximum absolute atomic E-state index is 11.4. The van der Waals surface area contributed by atoms with Crippen molar-refractivity contribution in [1.29, 1.82) is 0 Å². The van der Waals surface area contributed by atoms with Crippen molar-refractivity contribution in [3.63, 3.8) is 0 Å². The number of para-hydroxylation sites is 2. The summed E-state index contributed by atoms with van der Waals surface area (Å²) in [5, 5.41) is 0. The molecule has 0 amide bonds. The highest BCUT2D eigenvalue weighted by atomic mass is 16.6. The first-order chi connectivity index (χ1) is 15.2. The molecule has 1 aliphatic heterocycles. The van der Waals surface area contributed by atoms with Gasteiger partial charge in [-0.05, 0) is 48.9 Å². The summed E-state index contributed by atoms with van der Waals surface area (Å²) in [4.78, 5) is 13.8. The average Bonchev–Trinajstić information content (AvgIpc) is 2.82. The Hall–Kier alpha value is -2.57. The minimum absolute atomic E-state index is 0.0771. The number of hydrogen-bond donors (Lipinski definition) is 0. The van der Waals surface area contributed by atoms with Crippen LogP contribution in [0.5, 0.6) is 11.5 Å². The fourth-order valence-electron chi connectivity index (χ4n) is 3.59. The van der Waals surface area contributed by atoms with E-state index >= 15 is 0 Å². The molecular formula is C25H32NO5. The monoisotopic (exact) mass is 426 g/mol. The van der Waals surface area contributed by atoms with E-state index in [1.807, 2.05) is 42.5 Å². The molecule has 1 heterocycles. The summed E-state index contributed by atoms with van der Waals surface area (Å²) in [6, 6.07) is 15.9. The SMILES string of the molecule is [CH2]C(CCc1ccccc1OCC(=O)OC)c1ccccc1OCCN1CCOCC1. The Kier molecular flexibility index (Phi) is 9.18. The van der Waals surface area contributed by atoms with Crippen LogP contribution in [0.1, 0.15) is 23.5 Å². The van der Waals surface area contributed by atoms with E-state index < -0.39 is 5.97 Å². The van der Waals surface area contributed by atoms with Gasteiger partial charge in [-0.25, -0.2) is 4.79 Å². The number of esters is 1. The smallest absolute Gasteiger partial charge is 0.343 e. The van der Waals surface area contributed by atoms with Gasteiger partial charge in [0, 0.05) is 19.6 Å². The molecule has 167 valence electrons. The van der Waals surface area contributed by atoms with Gasteiger partial charge in [-0.3, -0.25) is 4.90 Å². The zero-order valence-corrected chi connectivity index (χ0v) is 18.3. The largest absolute Gasteiger partial charge is 0.492 e. The first-order valence-corrected chi connectivity index (χ1v) is 10.8. The molecule has 1 saturated heterocycles. The molecule has 1 fully saturated rings. The lowest BCUT2D eigenvalue weighted by Crippen LogP contribution is -2.38. The van der Waals surface area contributed by atoms with Crippen LogP contribution in [0.4, 0.5) is 0 Å². The Bertz CT molecular complexity index is 819. The maximum atomic E-state index is 11.4. The van der Waals surface area contributed by atoms with Crippen LogP contribution in [0.2, 0.25) is 0 Å². The third-order valence-corrected chi connectivity index (χ3v) is 5.44. The average molecular weight is 427 g/mol. The van der Waals surface area contributed by atoms with Gasteiger partial charge in [-0.1, -0.05) is 36.4 Å². The number of carbonyl (C=O) groups is 1. The highest BCUT2D eigenvalue weighted by molar-refractivity contribution is 5.70. The summed E-state index contributed by atoms with van der Waals surface area (Å²) in [7, 11) is 1.35. The summed E-state index contributed by atoms with van der Waals surface area (Å²) in [5.41, 5.74) is 2.16. The zero-order chi connectivity index (χ0) is 21.9. The summed E-state index contributed by atoms with van der Waals surface area (Å²) in [6.45, 7) is 9.33. The van der Waals surface area contributed by atoms with Gasteiger partial charge in [0.2, 0.25) is 0 Å². The van der Waals surface area contributed by atoms with E-state index in [1.165, 1.54) is 7.11 Å². The van der Waals surface area contributed by atoms with Gasteiger partial charge in [-0.2, -0.15) is 0 Å². The fourth-order valence-corrected chi connectivity index (χ4v) is 3.59. The predicted molar refractivity (Wildman–Crippen MR) is 120 cm³/mol. The summed E-state index contributed by atoms with van der Waals surface area (Å²) < 4.78 is 21.8. The number of aryl methyl sites for hydroxylation is 1. The van der Waals surface area contributed by atoms with E-state index in [-0.39, 0.29) is 12.5 Å². The van der Waals surface area contributed by atoms with Crippen LogP contribution >= 0.6 is 0 Å². The quantitative estimate of drug-likeness (QED) is 0.513. The van der Waals surface area contributed by atoms with Gasteiger partial charge in [0.15, 0.2) is 6.61 Å². The van der Waals surface area contributed by atoms with E-state index in [0.717, 1.165) is 62.6 Å². The van der Waals surface area contributed by atoms with Gasteiger partial charge in [0.1, 0.15) is 18.1 Å². The Morgan fingerprint density at radius 3 is 2.55 bits per heavy atom. The van der Waals surface area contributed by atoms with Crippen LogP contribution < -0.4 is 9.47 Å². The molecule has 1 radical (unpaired) electrons. The van der Waals surface area contributed by atoms with Crippen LogP contribution in [0, 0.1) is 6.92 Å². The molecule has 1 aliphatic rings. The van der Waals surface area contributed by atoms with Gasteiger partial charge in [-0.15, -0.1) is 0 Å². The van der Waals surface area contributed by atoms with Crippen molar-refractivity contribution in [2.45, 2.75) is 18.8 Å². The fraction of sp³-hybridized carbons (Fsp3) is 0.440. The molecule has 2 aromatic carbocycles. The molecular weight excluding hydrogens is 394 g/mol. The van der Waals surface area contributed by atoms with Gasteiger partial charge in [0.05, 0.1) is 20.3 Å². The second kappa shape index (κ2) is 12.3. The van der Waals surface area contributed by atoms with Gasteiger partial charge in [0.25, 0.3) is 0 Å². The molecule has 0 spiro atoms. The van der Waals surface area contributed by atoms with Crippen molar-refractivity contribution in [2.75, 3.05) is 53.2 Å². The number of benzene rings is 2. The molecule has 2 aromatic rings. The predicted octanol–water partition coefficient (Wildman–Crippen LogP) is 3.50. The van der Waals surface area contributed by atoms with Crippen molar-refractivity contribution in [3.8, 4) is 11.5 Å². The number of hydrogen-bond acceptors (Lipinski definition) is 6. The molecule has 6 heteroatoms. The highest BCUT2D eigenvalue weighted by Gasteiger charge is 2.15. The van der Waals surface area contributed by atoms with Gasteiger partial charge >= 0.3 is 5.97 Å². The van der Waals surface area contributed by atoms with Crippen LogP contribution in [0.3, 0.4) is 0 Å². The van der Waals surface area contributed by atoms with Crippen molar-refractivity contribution in [1.82, 2.24) is 4.90 Å². The summed E-state index contributed by atoms with van der Waals surface area (Å²) in [6.07, 6.45) is 1.62. The first-order valence-electron chi connectivity index (χ1n) is 10.8. The number of ether oxygens (including phenoxy) is 4. The lowest BCUT2D eigenvalue weighted by molar-refractivity contribution is -0.142. The van der Waals surface area contributed by atoms with Crippen LogP contribution in [-0.2, 0) is 20.7 Å². The van der Waals surface area contributed by atoms with Gasteiger partial charge < -0.3 is 18.9 Å². The third kappa shape index (κ3) is 7.26. The number of rotatable bonds is 11. The minimum atomic E-state index is -0.395. The van der Waals surface area contributed by atoms with Crippen molar-refractivity contribution < 1.29 is 23.7 Å². The number of carbonyl (C=O) groups excluding carboxylic acids is 1. The first kappa shape index (κ1) is 23.1. The molecule has 0 N–H and O–H groups in total. The second-order valence-electron chi connectivity index (χ2n) is 7.55. The van der Waals surface area contributed by atoms with E-state index in [0.29, 0.717) is 12.4 Å². The van der Waals surface area contributed by atoms with Crippen LogP contribution in [0.15, 0.2) is 48.5 Å². The lowest BCUT2D eigenvalue weighted by atomic mass is 9.93. The molecule has 0 aromatic heterocycles. The molecule has 0 saturated carbocycles. The molecule has 0 bridgehead atoms. The number of methoxy groups -OCH3 is 1. The molecule has 6 nitrogen and oxygen atoms in total. The van der Waals surface area contributed by atoms with Crippen molar-refractivity contribution in [3.05, 3.63) is 66.6 Å². The normalized spacial score (nSPS) is 15.3. The van der Waals surface area contributed by atoms with Crippen LogP contribution in [0.25, 0.3) is 0 Å². The van der Waals surface area contributed by atoms with Crippen molar-refractivity contribution in [2.24, 2.45) is 0 Å². The van der Waals surface area contributed by atoms with E-state index in [2.05, 4.69) is 22.6 Å². The van der Waals surface area contributed by atoms with E-state index in [9.17, 15) is 4.79 Å². The minimum Gasteiger partial charge on any atom is -0.492 e. The Morgan fingerprint density at radius 2 is 1.77 bits per heavy atom. The Morgan fingerprint density at radius 1 is 1.06 bits per heavy atom. The Labute approximate surface area is 185 Å². The standard InChI is InChI=1S/C25H32NO5/c1-20(11-12-21-7-3-5-9-23(21)31-19-25(27)28-2)22-8-4-6-10-24(22)30-18-15-26-13-16-29-17-14-26/h3-10,20H,1,11-19H2,2H3. The maximum Gasteiger partial charge on any atom is 0.343 e. The molecule has 31 heavy (non-hydrogen) atoms. The Balaban J connectivity index is 1.55. The lowest BCUT2D eigenvalue weighted by Gasteiger charge is -2.26. The summed E-state index contributed by atoms with van der Waals surface area (Å²) in [5.74, 6) is 1.28. The second-order valence-corrected chi connectivity index (χ2v) is 7.55. The van der Waals surface area contributed by atoms with E-state index in [4.69, 9.17) is 14.2 Å². The van der Waals surface area contributed by atoms with Crippen LogP contribution in [-0.4, -0.2) is 64.0 Å². The number of morpholine rings is 1.